The van der Waals surface area contributed by atoms with E-state index >= 15 is 0 Å². The lowest BCUT2D eigenvalue weighted by atomic mass is 9.84. The summed E-state index contributed by atoms with van der Waals surface area (Å²) < 4.78 is 19.2. The fourth-order valence-electron chi connectivity index (χ4n) is 2.44. The summed E-state index contributed by atoms with van der Waals surface area (Å²) in [6.07, 6.45) is 1.73. The van der Waals surface area contributed by atoms with Gasteiger partial charge < -0.3 is 15.2 Å². The van der Waals surface area contributed by atoms with E-state index in [0.717, 1.165) is 36.0 Å². The van der Waals surface area contributed by atoms with E-state index in [9.17, 15) is 4.39 Å². The lowest BCUT2D eigenvalue weighted by Crippen LogP contribution is -2.35. The third-order valence-electron chi connectivity index (χ3n) is 3.66. The van der Waals surface area contributed by atoms with E-state index in [4.69, 9.17) is 9.84 Å². The number of nitrogens with one attached hydrogen (secondary N) is 1. The van der Waals surface area contributed by atoms with Crippen LogP contribution in [0.25, 0.3) is 0 Å². The Morgan fingerprint density at radius 3 is 2.95 bits per heavy atom. The fraction of sp³-hybridized carbons (Fsp3) is 0.571. The molecule has 0 amide bonds. The van der Waals surface area contributed by atoms with Crippen molar-refractivity contribution in [3.63, 3.8) is 0 Å². The van der Waals surface area contributed by atoms with Crippen molar-refractivity contribution < 1.29 is 14.2 Å². The number of ether oxygens (including phenoxy) is 1. The Bertz CT molecular complexity index is 422. The average Bonchev–Trinajstić information content (AvgIpc) is 2.81. The molecule has 0 aromatic heterocycles. The maximum absolute atomic E-state index is 13.0. The Kier molecular flexibility index (Phi) is 5.33. The smallest absolute Gasteiger partial charge is 0.124 e. The molecule has 3 nitrogen and oxygen atoms in total. The van der Waals surface area contributed by atoms with Gasteiger partial charge in [-0.25, -0.2) is 4.39 Å². The zero-order chi connectivity index (χ0) is 13.7. The second kappa shape index (κ2) is 6.79. The van der Waals surface area contributed by atoms with Gasteiger partial charge in [0.25, 0.3) is 0 Å². The number of aliphatic hydroxyl groups is 1. The highest BCUT2D eigenvalue weighted by Gasteiger charge is 2.33. The van der Waals surface area contributed by atoms with Crippen LogP contribution in [0.3, 0.4) is 0 Å². The van der Waals surface area contributed by atoms with Crippen molar-refractivity contribution in [1.29, 1.82) is 0 Å². The third-order valence-corrected chi connectivity index (χ3v) is 4.40. The molecule has 0 aliphatic carbocycles. The molecule has 0 saturated carbocycles. The van der Waals surface area contributed by atoms with Gasteiger partial charge in [-0.15, -0.1) is 0 Å². The zero-order valence-corrected chi connectivity index (χ0v) is 12.4. The Hall–Kier alpha value is -0.490. The minimum absolute atomic E-state index is 0.0429. The molecule has 1 aromatic carbocycles. The maximum atomic E-state index is 13.0. The second-order valence-corrected chi connectivity index (χ2v) is 5.97. The molecule has 1 aliphatic rings. The number of rotatable bonds is 6. The molecule has 2 N–H and O–H groups in total. The molecule has 1 aromatic rings. The van der Waals surface area contributed by atoms with Crippen LogP contribution < -0.4 is 5.32 Å². The number of hydrogen-bond acceptors (Lipinski definition) is 3. The highest BCUT2D eigenvalue weighted by atomic mass is 79.9. The normalized spacial score (nSPS) is 22.9. The summed E-state index contributed by atoms with van der Waals surface area (Å²) in [7, 11) is 0. The van der Waals surface area contributed by atoms with Crippen LogP contribution in [0.2, 0.25) is 0 Å². The Morgan fingerprint density at radius 1 is 1.47 bits per heavy atom. The van der Waals surface area contributed by atoms with Crippen LogP contribution in [0.1, 0.15) is 18.4 Å². The van der Waals surface area contributed by atoms with Crippen molar-refractivity contribution >= 4 is 15.9 Å². The van der Waals surface area contributed by atoms with Gasteiger partial charge in [-0.1, -0.05) is 22.0 Å². The number of benzene rings is 1. The van der Waals surface area contributed by atoms with Crippen molar-refractivity contribution in [1.82, 2.24) is 5.32 Å². The van der Waals surface area contributed by atoms with E-state index in [1.54, 1.807) is 6.07 Å². The monoisotopic (exact) mass is 331 g/mol. The lowest BCUT2D eigenvalue weighted by molar-refractivity contribution is 0.124. The number of aliphatic hydroxyl groups excluding tert-OH is 1. The highest BCUT2D eigenvalue weighted by molar-refractivity contribution is 9.10. The van der Waals surface area contributed by atoms with Gasteiger partial charge in [0.2, 0.25) is 0 Å². The van der Waals surface area contributed by atoms with Crippen molar-refractivity contribution in [2.24, 2.45) is 5.41 Å². The van der Waals surface area contributed by atoms with E-state index in [2.05, 4.69) is 21.2 Å². The predicted molar refractivity (Wildman–Crippen MR) is 75.4 cm³/mol. The first-order chi connectivity index (χ1) is 9.15. The summed E-state index contributed by atoms with van der Waals surface area (Å²) in [5.74, 6) is -0.239. The van der Waals surface area contributed by atoms with Gasteiger partial charge >= 0.3 is 0 Å². The molecule has 1 heterocycles. The van der Waals surface area contributed by atoms with Crippen LogP contribution in [0.5, 0.6) is 0 Å². The summed E-state index contributed by atoms with van der Waals surface area (Å²) in [6.45, 7) is 3.13. The van der Waals surface area contributed by atoms with Crippen LogP contribution in [0.4, 0.5) is 4.39 Å². The molecule has 106 valence electrons. The molecule has 2 rings (SSSR count). The summed E-state index contributed by atoms with van der Waals surface area (Å²) in [4.78, 5) is 0. The van der Waals surface area contributed by atoms with Crippen LogP contribution in [-0.4, -0.2) is 31.5 Å². The summed E-state index contributed by atoms with van der Waals surface area (Å²) >= 11 is 3.36. The molecule has 1 atom stereocenters. The predicted octanol–water partition coefficient (Wildman–Crippen LogP) is 2.47. The first kappa shape index (κ1) is 14.9. The van der Waals surface area contributed by atoms with Gasteiger partial charge in [0.1, 0.15) is 5.82 Å². The summed E-state index contributed by atoms with van der Waals surface area (Å²) in [5.41, 5.74) is 1.07. The minimum Gasteiger partial charge on any atom is -0.396 e. The van der Waals surface area contributed by atoms with E-state index in [1.807, 2.05) is 0 Å². The Balaban J connectivity index is 1.88. The molecule has 0 spiro atoms. The van der Waals surface area contributed by atoms with Gasteiger partial charge in [0.15, 0.2) is 0 Å². The first-order valence-electron chi connectivity index (χ1n) is 6.48. The molecular weight excluding hydrogens is 313 g/mol. The first-order valence-corrected chi connectivity index (χ1v) is 7.28. The van der Waals surface area contributed by atoms with Gasteiger partial charge in [0, 0.05) is 36.2 Å². The molecule has 0 bridgehead atoms. The van der Waals surface area contributed by atoms with Crippen LogP contribution in [-0.2, 0) is 11.3 Å². The van der Waals surface area contributed by atoms with Crippen LogP contribution >= 0.6 is 15.9 Å². The standard InChI is InChI=1S/C14H19BrFNO2/c15-13-7-12(16)2-1-11(13)8-17-9-14(3-5-18)4-6-19-10-14/h1-2,7,17-18H,3-6,8-10H2. The van der Waals surface area contributed by atoms with E-state index in [-0.39, 0.29) is 17.8 Å². The number of hydrogen-bond donors (Lipinski definition) is 2. The summed E-state index contributed by atoms with van der Waals surface area (Å²) in [6, 6.07) is 4.71. The molecule has 19 heavy (non-hydrogen) atoms. The van der Waals surface area contributed by atoms with Gasteiger partial charge in [-0.3, -0.25) is 0 Å². The molecule has 1 saturated heterocycles. The van der Waals surface area contributed by atoms with Gasteiger partial charge in [-0.05, 0) is 30.5 Å². The zero-order valence-electron chi connectivity index (χ0n) is 10.8. The van der Waals surface area contributed by atoms with Crippen LogP contribution in [0.15, 0.2) is 22.7 Å². The van der Waals surface area contributed by atoms with Gasteiger partial charge in [0.05, 0.1) is 6.61 Å². The second-order valence-electron chi connectivity index (χ2n) is 5.12. The topological polar surface area (TPSA) is 41.5 Å². The molecule has 1 aliphatic heterocycles. The lowest BCUT2D eigenvalue weighted by Gasteiger charge is -2.27. The van der Waals surface area contributed by atoms with E-state index in [0.29, 0.717) is 13.2 Å². The summed E-state index contributed by atoms with van der Waals surface area (Å²) in [5, 5.41) is 12.5. The van der Waals surface area contributed by atoms with Crippen molar-refractivity contribution in [3.8, 4) is 0 Å². The fourth-order valence-corrected chi connectivity index (χ4v) is 2.93. The Morgan fingerprint density at radius 2 is 2.32 bits per heavy atom. The quantitative estimate of drug-likeness (QED) is 0.841. The molecule has 0 radical (unpaired) electrons. The molecular formula is C14H19BrFNO2. The highest BCUT2D eigenvalue weighted by Crippen LogP contribution is 2.31. The van der Waals surface area contributed by atoms with Crippen molar-refractivity contribution in [3.05, 3.63) is 34.1 Å². The van der Waals surface area contributed by atoms with Crippen LogP contribution in [0, 0.1) is 11.2 Å². The van der Waals surface area contributed by atoms with E-state index < -0.39 is 0 Å². The molecule has 1 unspecified atom stereocenters. The maximum Gasteiger partial charge on any atom is 0.124 e. The SMILES string of the molecule is OCCC1(CNCc2ccc(F)cc2Br)CCOC1. The third kappa shape index (κ3) is 3.99. The molecule has 1 fully saturated rings. The number of halogens is 2. The largest absolute Gasteiger partial charge is 0.396 e. The minimum atomic E-state index is -0.239. The van der Waals surface area contributed by atoms with Crippen molar-refractivity contribution in [2.75, 3.05) is 26.4 Å². The molecule has 5 heteroatoms. The van der Waals surface area contributed by atoms with Gasteiger partial charge in [-0.2, -0.15) is 0 Å². The van der Waals surface area contributed by atoms with E-state index in [1.165, 1.54) is 12.1 Å². The average molecular weight is 332 g/mol. The van der Waals surface area contributed by atoms with Crippen molar-refractivity contribution in [2.45, 2.75) is 19.4 Å². The Labute approximate surface area is 121 Å².